The van der Waals surface area contributed by atoms with Gasteiger partial charge >= 0.3 is 0 Å². The van der Waals surface area contributed by atoms with Crippen molar-refractivity contribution in [2.24, 2.45) is 0 Å². The van der Waals surface area contributed by atoms with Gasteiger partial charge in [-0.15, -0.1) is 0 Å². The minimum atomic E-state index is -0.456. The Morgan fingerprint density at radius 1 is 1.14 bits per heavy atom. The van der Waals surface area contributed by atoms with Crippen LogP contribution >= 0.6 is 0 Å². The quantitative estimate of drug-likeness (QED) is 0.872. The topological polar surface area (TPSA) is 47.6 Å². The first-order valence-corrected chi connectivity index (χ1v) is 7.55. The first kappa shape index (κ1) is 14.3. The van der Waals surface area contributed by atoms with Crippen molar-refractivity contribution < 1.29 is 9.18 Å². The lowest BCUT2D eigenvalue weighted by Gasteiger charge is -2.29. The highest BCUT2D eigenvalue weighted by atomic mass is 19.1. The second kappa shape index (κ2) is 6.41. The van der Waals surface area contributed by atoms with Gasteiger partial charge in [0.15, 0.2) is 0 Å². The fourth-order valence-corrected chi connectivity index (χ4v) is 2.84. The number of hydrogen-bond acceptors (Lipinski definition) is 4. The average molecular weight is 292 g/mol. The van der Waals surface area contributed by atoms with Crippen LogP contribution in [0.5, 0.6) is 0 Å². The molecule has 114 valence electrons. The van der Waals surface area contributed by atoms with E-state index in [1.807, 2.05) is 11.1 Å². The van der Waals surface area contributed by atoms with E-state index in [2.05, 4.69) is 15.6 Å². The van der Waals surface area contributed by atoms with Crippen molar-refractivity contribution >= 4 is 11.6 Å². The Bertz CT molecular complexity index is 510. The van der Waals surface area contributed by atoms with Crippen LogP contribution < -0.4 is 15.6 Å². The summed E-state index contributed by atoms with van der Waals surface area (Å²) in [5.74, 6) is -0.816. The molecule has 2 aliphatic rings. The van der Waals surface area contributed by atoms with E-state index in [0.29, 0.717) is 0 Å². The normalized spacial score (nSPS) is 19.8. The molecule has 0 atom stereocenters. The molecule has 0 aromatic heterocycles. The molecular formula is C15H21FN4O. The summed E-state index contributed by atoms with van der Waals surface area (Å²) >= 11 is 0. The molecule has 21 heavy (non-hydrogen) atoms. The Morgan fingerprint density at radius 3 is 2.52 bits per heavy atom. The molecule has 2 fully saturated rings. The first-order valence-electron chi connectivity index (χ1n) is 7.55. The predicted octanol–water partition coefficient (Wildman–Crippen LogP) is 0.976. The monoisotopic (exact) mass is 292 g/mol. The molecule has 1 aromatic rings. The van der Waals surface area contributed by atoms with Gasteiger partial charge in [0.05, 0.1) is 5.56 Å². The molecule has 0 spiro atoms. The van der Waals surface area contributed by atoms with E-state index < -0.39 is 5.82 Å². The molecule has 0 unspecified atom stereocenters. The number of anilines is 1. The highest BCUT2D eigenvalue weighted by Crippen LogP contribution is 2.19. The lowest BCUT2D eigenvalue weighted by Crippen LogP contribution is -2.43. The molecule has 6 heteroatoms. The zero-order chi connectivity index (χ0) is 14.7. The number of amides is 1. The maximum atomic E-state index is 14.2. The molecule has 0 bridgehead atoms. The van der Waals surface area contributed by atoms with Gasteiger partial charge in [-0.05, 0) is 31.0 Å². The lowest BCUT2D eigenvalue weighted by atomic mass is 10.1. The van der Waals surface area contributed by atoms with Gasteiger partial charge < -0.3 is 10.2 Å². The van der Waals surface area contributed by atoms with Gasteiger partial charge in [-0.3, -0.25) is 10.2 Å². The summed E-state index contributed by atoms with van der Waals surface area (Å²) < 4.78 is 14.2. The van der Waals surface area contributed by atoms with Crippen LogP contribution in [0.25, 0.3) is 0 Å². The third-order valence-electron chi connectivity index (χ3n) is 4.05. The smallest absolute Gasteiger partial charge is 0.268 e. The molecule has 2 N–H and O–H groups in total. The maximum absolute atomic E-state index is 14.2. The van der Waals surface area contributed by atoms with Crippen LogP contribution in [-0.4, -0.2) is 50.2 Å². The Kier molecular flexibility index (Phi) is 4.36. The molecule has 3 rings (SSSR count). The average Bonchev–Trinajstić information content (AvgIpc) is 3.01. The Labute approximate surface area is 124 Å². The molecule has 0 aliphatic carbocycles. The van der Waals surface area contributed by atoms with Crippen molar-refractivity contribution in [1.29, 1.82) is 0 Å². The van der Waals surface area contributed by atoms with Crippen molar-refractivity contribution in [1.82, 2.24) is 15.8 Å². The van der Waals surface area contributed by atoms with E-state index in [-0.39, 0.29) is 11.5 Å². The largest absolute Gasteiger partial charge is 0.369 e. The molecule has 0 saturated carbocycles. The molecule has 1 aromatic carbocycles. The number of halogens is 1. The number of piperazine rings is 1. The molecule has 5 nitrogen and oxygen atoms in total. The van der Waals surface area contributed by atoms with Gasteiger partial charge in [-0.2, -0.15) is 0 Å². The zero-order valence-electron chi connectivity index (χ0n) is 12.1. The van der Waals surface area contributed by atoms with E-state index in [9.17, 15) is 9.18 Å². The van der Waals surface area contributed by atoms with Gasteiger partial charge in [0.25, 0.3) is 5.91 Å². The minimum absolute atomic E-state index is 0.112. The third kappa shape index (κ3) is 3.33. The van der Waals surface area contributed by atoms with Crippen molar-refractivity contribution in [2.75, 3.05) is 44.2 Å². The van der Waals surface area contributed by atoms with Gasteiger partial charge in [0.2, 0.25) is 0 Å². The first-order chi connectivity index (χ1) is 10.2. The second-order valence-electron chi connectivity index (χ2n) is 5.54. The molecular weight excluding hydrogens is 271 g/mol. The third-order valence-corrected chi connectivity index (χ3v) is 4.05. The summed E-state index contributed by atoms with van der Waals surface area (Å²) in [5.41, 5.74) is 3.72. The summed E-state index contributed by atoms with van der Waals surface area (Å²) in [4.78, 5) is 14.2. The van der Waals surface area contributed by atoms with Crippen LogP contribution in [-0.2, 0) is 0 Å². The molecule has 0 radical (unpaired) electrons. The van der Waals surface area contributed by atoms with Crippen LogP contribution in [0.2, 0.25) is 0 Å². The van der Waals surface area contributed by atoms with Crippen molar-refractivity contribution in [3.63, 3.8) is 0 Å². The number of nitrogens with zero attached hydrogens (tertiary/aromatic N) is 2. The van der Waals surface area contributed by atoms with Crippen LogP contribution in [0.15, 0.2) is 18.2 Å². The summed E-state index contributed by atoms with van der Waals surface area (Å²) in [6, 6.07) is 4.87. The predicted molar refractivity (Wildman–Crippen MR) is 79.8 cm³/mol. The highest BCUT2D eigenvalue weighted by molar-refractivity contribution is 5.94. The van der Waals surface area contributed by atoms with Crippen molar-refractivity contribution in [3.05, 3.63) is 29.6 Å². The van der Waals surface area contributed by atoms with Gasteiger partial charge in [0.1, 0.15) is 5.82 Å². The second-order valence-corrected chi connectivity index (χ2v) is 5.54. The summed E-state index contributed by atoms with van der Waals surface area (Å²) in [5, 5.41) is 5.12. The van der Waals surface area contributed by atoms with E-state index in [0.717, 1.165) is 57.8 Å². The van der Waals surface area contributed by atoms with Gasteiger partial charge in [0, 0.05) is 45.0 Å². The van der Waals surface area contributed by atoms with Crippen LogP contribution in [0.1, 0.15) is 23.2 Å². The van der Waals surface area contributed by atoms with Crippen LogP contribution in [0, 0.1) is 5.82 Å². The lowest BCUT2D eigenvalue weighted by molar-refractivity contribution is 0.0821. The number of carbonyl (C=O) groups is 1. The molecule has 2 saturated heterocycles. The van der Waals surface area contributed by atoms with E-state index in [4.69, 9.17) is 0 Å². The van der Waals surface area contributed by atoms with Crippen molar-refractivity contribution in [3.8, 4) is 0 Å². The Hall–Kier alpha value is -1.66. The highest BCUT2D eigenvalue weighted by Gasteiger charge is 2.19. The number of hydrogen-bond donors (Lipinski definition) is 2. The van der Waals surface area contributed by atoms with E-state index in [1.165, 1.54) is 6.07 Å². The fraction of sp³-hybridized carbons (Fsp3) is 0.533. The molecule has 2 aliphatic heterocycles. The van der Waals surface area contributed by atoms with Crippen LogP contribution in [0.4, 0.5) is 10.1 Å². The number of rotatable bonds is 3. The molecule has 2 heterocycles. The SMILES string of the molecule is O=C(NN1CCCC1)c1ccc(N2CCNCC2)cc1F. The van der Waals surface area contributed by atoms with E-state index in [1.54, 1.807) is 6.07 Å². The number of hydrazine groups is 1. The standard InChI is InChI=1S/C15H21FN4O/c16-14-11-12(19-9-5-17-6-10-19)3-4-13(14)15(21)18-20-7-1-2-8-20/h3-4,11,17H,1-2,5-10H2,(H,18,21). The number of carbonyl (C=O) groups excluding carboxylic acids is 1. The maximum Gasteiger partial charge on any atom is 0.268 e. The number of benzene rings is 1. The summed E-state index contributed by atoms with van der Waals surface area (Å²) in [7, 11) is 0. The fourth-order valence-electron chi connectivity index (χ4n) is 2.84. The Balaban J connectivity index is 1.69. The number of nitrogens with one attached hydrogen (secondary N) is 2. The zero-order valence-corrected chi connectivity index (χ0v) is 12.1. The van der Waals surface area contributed by atoms with Crippen molar-refractivity contribution in [2.45, 2.75) is 12.8 Å². The summed E-state index contributed by atoms with van der Waals surface area (Å²) in [6.45, 7) is 5.20. The van der Waals surface area contributed by atoms with E-state index >= 15 is 0 Å². The molecule has 1 amide bonds. The van der Waals surface area contributed by atoms with Gasteiger partial charge in [-0.25, -0.2) is 9.40 Å². The Morgan fingerprint density at radius 2 is 1.86 bits per heavy atom. The van der Waals surface area contributed by atoms with Crippen LogP contribution in [0.3, 0.4) is 0 Å². The van der Waals surface area contributed by atoms with Gasteiger partial charge in [-0.1, -0.05) is 0 Å². The summed E-state index contributed by atoms with van der Waals surface area (Å²) in [6.07, 6.45) is 2.15. The minimum Gasteiger partial charge on any atom is -0.369 e.